The van der Waals surface area contributed by atoms with Gasteiger partial charge in [0, 0.05) is 0 Å². The zero-order chi connectivity index (χ0) is 17.3. The van der Waals surface area contributed by atoms with Crippen molar-refractivity contribution in [1.82, 2.24) is 0 Å². The Balaban J connectivity index is 2.11. The van der Waals surface area contributed by atoms with Crippen LogP contribution >= 0.6 is 0 Å². The SMILES string of the molecule is OC[C@H]1O[C@@H](O[C@H]2[C@H](O)[C@@H](O)[13CH](O)O[C@@H]2CO)[C@H](O)[C@@H](O)[C@H]1O. The van der Waals surface area contributed by atoms with Crippen LogP contribution in [0.4, 0.5) is 0 Å². The lowest BCUT2D eigenvalue weighted by atomic mass is 9.98. The summed E-state index contributed by atoms with van der Waals surface area (Å²) in [6.45, 7) is -1.35. The second-order valence-corrected chi connectivity index (χ2v) is 5.53. The van der Waals surface area contributed by atoms with Crippen LogP contribution in [0.5, 0.6) is 0 Å². The number of ether oxygens (including phenoxy) is 3. The van der Waals surface area contributed by atoms with Gasteiger partial charge in [0.1, 0.15) is 48.8 Å². The average Bonchev–Trinajstić information content (AvgIpc) is 2.55. The molecule has 0 saturated carbocycles. The molecule has 11 nitrogen and oxygen atoms in total. The van der Waals surface area contributed by atoms with Gasteiger partial charge >= 0.3 is 0 Å². The first-order valence-electron chi connectivity index (χ1n) is 7.08. The van der Waals surface area contributed by atoms with Crippen LogP contribution < -0.4 is 0 Å². The Bertz CT molecular complexity index is 378. The first kappa shape index (κ1) is 18.9. The highest BCUT2D eigenvalue weighted by molar-refractivity contribution is 4.93. The molecule has 0 radical (unpaired) electrons. The molecule has 2 rings (SSSR count). The van der Waals surface area contributed by atoms with E-state index in [0.717, 1.165) is 0 Å². The lowest BCUT2D eigenvalue weighted by Crippen LogP contribution is -2.64. The summed E-state index contributed by atoms with van der Waals surface area (Å²) < 4.78 is 15.3. The van der Waals surface area contributed by atoms with E-state index in [9.17, 15) is 35.7 Å². The molecule has 0 bridgehead atoms. The lowest BCUT2D eigenvalue weighted by Gasteiger charge is -2.45. The smallest absolute Gasteiger partial charge is 0.187 e. The van der Waals surface area contributed by atoms with E-state index in [1.807, 2.05) is 0 Å². The molecule has 2 heterocycles. The molecule has 0 aromatic carbocycles. The molecular formula is C12H22O11. The van der Waals surface area contributed by atoms with E-state index in [0.29, 0.717) is 0 Å². The van der Waals surface area contributed by atoms with Gasteiger partial charge in [0.2, 0.25) is 0 Å². The van der Waals surface area contributed by atoms with E-state index in [4.69, 9.17) is 19.3 Å². The molecule has 2 saturated heterocycles. The summed E-state index contributed by atoms with van der Waals surface area (Å²) in [5, 5.41) is 76.5. The maximum Gasteiger partial charge on any atom is 0.187 e. The third-order valence-electron chi connectivity index (χ3n) is 3.98. The molecular weight excluding hydrogens is 321 g/mol. The largest absolute Gasteiger partial charge is 0.394 e. The molecule has 0 spiro atoms. The number of aliphatic hydroxyl groups excluding tert-OH is 8. The van der Waals surface area contributed by atoms with Crippen LogP contribution in [-0.2, 0) is 14.2 Å². The van der Waals surface area contributed by atoms with Crippen molar-refractivity contribution in [3.8, 4) is 0 Å². The van der Waals surface area contributed by atoms with Gasteiger partial charge in [-0.25, -0.2) is 0 Å². The summed E-state index contributed by atoms with van der Waals surface area (Å²) in [5.41, 5.74) is 0. The van der Waals surface area contributed by atoms with Crippen LogP contribution in [0.15, 0.2) is 0 Å². The molecule has 1 unspecified atom stereocenters. The molecule has 0 aromatic rings. The lowest BCUT2D eigenvalue weighted by molar-refractivity contribution is -0.355. The Labute approximate surface area is 130 Å². The van der Waals surface area contributed by atoms with Crippen molar-refractivity contribution in [2.75, 3.05) is 13.2 Å². The Morgan fingerprint density at radius 2 is 1.26 bits per heavy atom. The molecule has 11 heteroatoms. The Kier molecular flexibility index (Phi) is 6.27. The fraction of sp³-hybridized carbons (Fsp3) is 1.00. The molecule has 8 N–H and O–H groups in total. The van der Waals surface area contributed by atoms with Crippen LogP contribution in [0.1, 0.15) is 0 Å². The number of aliphatic hydroxyl groups is 8. The molecule has 0 aliphatic carbocycles. The minimum atomic E-state index is -1.74. The standard InChI is InChI=1S/C12H22O11/c13-1-3-5(15)6(16)9(19)12(22-3)23-10-4(2-14)21-11(20)8(18)7(10)17/h3-20H,1-2H2/t3-,4-,5+,6+,7-,8-,9-,10-,11?,12+/m1/s1/i11+1. The van der Waals surface area contributed by atoms with E-state index in [1.54, 1.807) is 0 Å². The molecule has 10 atom stereocenters. The van der Waals surface area contributed by atoms with E-state index in [2.05, 4.69) is 0 Å². The van der Waals surface area contributed by atoms with Crippen molar-refractivity contribution in [2.45, 2.75) is 61.4 Å². The summed E-state index contributed by atoms with van der Waals surface area (Å²) in [4.78, 5) is 0. The van der Waals surface area contributed by atoms with Crippen LogP contribution in [-0.4, -0.2) is 115 Å². The van der Waals surface area contributed by atoms with Crippen LogP contribution in [0.25, 0.3) is 0 Å². The van der Waals surface area contributed by atoms with Gasteiger partial charge in [0.15, 0.2) is 12.6 Å². The highest BCUT2D eigenvalue weighted by Crippen LogP contribution is 2.28. The van der Waals surface area contributed by atoms with Gasteiger partial charge in [0.05, 0.1) is 13.2 Å². The van der Waals surface area contributed by atoms with E-state index >= 15 is 0 Å². The number of hydrogen-bond donors (Lipinski definition) is 8. The second-order valence-electron chi connectivity index (χ2n) is 5.53. The van der Waals surface area contributed by atoms with Crippen LogP contribution in [0, 0.1) is 0 Å². The molecule has 0 amide bonds. The summed E-state index contributed by atoms with van der Waals surface area (Å²) in [6.07, 6.45) is -15.6. The first-order chi connectivity index (χ1) is 10.8. The van der Waals surface area contributed by atoms with E-state index in [1.165, 1.54) is 0 Å². The van der Waals surface area contributed by atoms with Gasteiger partial charge < -0.3 is 55.1 Å². The molecule has 23 heavy (non-hydrogen) atoms. The predicted octanol–water partition coefficient (Wildman–Crippen LogP) is -5.40. The minimum Gasteiger partial charge on any atom is -0.394 e. The highest BCUT2D eigenvalue weighted by atomic mass is 16.8. The molecule has 2 aliphatic heterocycles. The summed E-state index contributed by atoms with van der Waals surface area (Å²) in [6, 6.07) is 0. The fourth-order valence-electron chi connectivity index (χ4n) is 2.57. The van der Waals surface area contributed by atoms with Gasteiger partial charge in [-0.2, -0.15) is 0 Å². The maximum atomic E-state index is 9.94. The third kappa shape index (κ3) is 3.65. The van der Waals surface area contributed by atoms with E-state index in [-0.39, 0.29) is 0 Å². The maximum absolute atomic E-state index is 9.94. The van der Waals surface area contributed by atoms with Crippen molar-refractivity contribution < 1.29 is 55.1 Å². The number of hydrogen-bond acceptors (Lipinski definition) is 11. The van der Waals surface area contributed by atoms with Gasteiger partial charge in [-0.15, -0.1) is 0 Å². The van der Waals surface area contributed by atoms with Crippen molar-refractivity contribution in [3.63, 3.8) is 0 Å². The molecule has 2 aliphatic rings. The van der Waals surface area contributed by atoms with Crippen molar-refractivity contribution in [1.29, 1.82) is 0 Å². The normalized spacial score (nSPS) is 51.7. The monoisotopic (exact) mass is 343 g/mol. The first-order valence-corrected chi connectivity index (χ1v) is 7.08. The molecule has 2 fully saturated rings. The van der Waals surface area contributed by atoms with Crippen molar-refractivity contribution in [2.24, 2.45) is 0 Å². The van der Waals surface area contributed by atoms with E-state index < -0.39 is 74.6 Å². The zero-order valence-electron chi connectivity index (χ0n) is 12.0. The van der Waals surface area contributed by atoms with Crippen molar-refractivity contribution >= 4 is 0 Å². The summed E-state index contributed by atoms with van der Waals surface area (Å²) >= 11 is 0. The Morgan fingerprint density at radius 3 is 1.83 bits per heavy atom. The molecule has 136 valence electrons. The summed E-state index contributed by atoms with van der Waals surface area (Å²) in [7, 11) is 0. The third-order valence-corrected chi connectivity index (χ3v) is 3.98. The van der Waals surface area contributed by atoms with Gasteiger partial charge in [0.25, 0.3) is 0 Å². The quantitative estimate of drug-likeness (QED) is 0.227. The second kappa shape index (κ2) is 7.63. The average molecular weight is 343 g/mol. The van der Waals surface area contributed by atoms with Crippen LogP contribution in [0.3, 0.4) is 0 Å². The van der Waals surface area contributed by atoms with Gasteiger partial charge in [-0.05, 0) is 0 Å². The molecule has 0 aromatic heterocycles. The zero-order valence-corrected chi connectivity index (χ0v) is 12.0. The fourth-order valence-corrected chi connectivity index (χ4v) is 2.57. The van der Waals surface area contributed by atoms with Crippen molar-refractivity contribution in [3.05, 3.63) is 0 Å². The minimum absolute atomic E-state index is 0.667. The van der Waals surface area contributed by atoms with Crippen LogP contribution in [0.2, 0.25) is 0 Å². The predicted molar refractivity (Wildman–Crippen MR) is 68.6 cm³/mol. The highest BCUT2D eigenvalue weighted by Gasteiger charge is 2.50. The Morgan fingerprint density at radius 1 is 0.652 bits per heavy atom. The topological polar surface area (TPSA) is 190 Å². The van der Waals surface area contributed by atoms with Gasteiger partial charge in [-0.3, -0.25) is 0 Å². The Hall–Kier alpha value is -0.440. The number of rotatable bonds is 4. The van der Waals surface area contributed by atoms with Gasteiger partial charge in [-0.1, -0.05) is 0 Å². The summed E-state index contributed by atoms with van der Waals surface area (Å²) in [5.74, 6) is 0.